The van der Waals surface area contributed by atoms with Crippen LogP contribution in [0.25, 0.3) is 10.1 Å². The number of carboxylic acid groups (broad SMARTS) is 3. The predicted molar refractivity (Wildman–Crippen MR) is 377 cm³/mol. The minimum atomic E-state index is -1.35. The molecule has 2 saturated heterocycles. The third-order valence-corrected chi connectivity index (χ3v) is 20.0. The van der Waals surface area contributed by atoms with Crippen LogP contribution in [0, 0.1) is 23.7 Å². The van der Waals surface area contributed by atoms with Crippen molar-refractivity contribution in [2.75, 3.05) is 87.7 Å². The lowest BCUT2D eigenvalue weighted by molar-refractivity contribution is -0.195. The molecular weight excluding hydrogens is 1360 g/mol. The van der Waals surface area contributed by atoms with E-state index >= 15 is 4.79 Å². The highest BCUT2D eigenvalue weighted by atomic mass is 32.1. The van der Waals surface area contributed by atoms with Crippen LogP contribution in [0.1, 0.15) is 141 Å². The lowest BCUT2D eigenvalue weighted by Gasteiger charge is -2.41. The number of amides is 5. The number of likely N-dealkylation sites (tertiary alicyclic amines) is 1. The number of hydrogen-bond donors (Lipinski definition) is 7. The third kappa shape index (κ3) is 24.8. The Kier molecular flexibility index (Phi) is 34.3. The molecule has 2 aliphatic heterocycles. The summed E-state index contributed by atoms with van der Waals surface area (Å²) in [6, 6.07) is 9.86. The summed E-state index contributed by atoms with van der Waals surface area (Å²) in [4.78, 5) is 113. The molecule has 574 valence electrons. The van der Waals surface area contributed by atoms with E-state index in [0.29, 0.717) is 70.8 Å². The highest BCUT2D eigenvalue weighted by molar-refractivity contribution is 7.19. The number of ether oxygens (including phenoxy) is 9. The van der Waals surface area contributed by atoms with Gasteiger partial charge in [-0.25, -0.2) is 14.3 Å². The zero-order valence-electron chi connectivity index (χ0n) is 61.3. The van der Waals surface area contributed by atoms with Crippen molar-refractivity contribution >= 4 is 69.1 Å². The lowest BCUT2D eigenvalue weighted by atomic mass is 9.89. The Morgan fingerprint density at radius 1 is 0.777 bits per heavy atom. The highest BCUT2D eigenvalue weighted by Crippen LogP contribution is 2.42. The molecule has 30 nitrogen and oxygen atoms in total. The van der Waals surface area contributed by atoms with Crippen molar-refractivity contribution in [3.63, 3.8) is 0 Å². The number of carbonyl (C=O) groups is 8. The van der Waals surface area contributed by atoms with E-state index in [-0.39, 0.29) is 115 Å². The first kappa shape index (κ1) is 84.5. The number of aliphatic hydroxyl groups is 2. The molecule has 0 spiro atoms. The minimum absolute atomic E-state index is 0.0503. The van der Waals surface area contributed by atoms with Gasteiger partial charge < -0.3 is 88.6 Å². The van der Waals surface area contributed by atoms with Crippen LogP contribution in [0.5, 0.6) is 5.75 Å². The number of aliphatic carboxylic acids is 3. The number of benzene rings is 2. The first-order valence-corrected chi connectivity index (χ1v) is 36.2. The number of aromatic nitrogens is 3. The zero-order valence-corrected chi connectivity index (χ0v) is 62.2. The number of fused-ring (bicyclic) bond motifs is 1. The van der Waals surface area contributed by atoms with Crippen molar-refractivity contribution < 1.29 is 107 Å². The molecule has 2 aliphatic rings. The van der Waals surface area contributed by atoms with Crippen LogP contribution in [-0.4, -0.2) is 251 Å². The number of nitrogens with zero attached hydrogens (tertiary/aromatic N) is 6. The smallest absolute Gasteiger partial charge is 0.410 e. The zero-order chi connectivity index (χ0) is 75.6. The van der Waals surface area contributed by atoms with E-state index in [2.05, 4.69) is 20.9 Å². The molecule has 14 atom stereocenters. The topological polar surface area (TPSA) is 385 Å². The molecular formula is C72H108N8O22S. The number of rotatable bonds is 45. The molecule has 6 rings (SSSR count). The number of nitrogens with one attached hydrogen (secondary N) is 2. The van der Waals surface area contributed by atoms with Crippen LogP contribution in [0.4, 0.5) is 4.79 Å². The standard InChI is InChI=1S/C72H108N8O22S/c1-13-44(6)64(56(94-11)40-58(82)80-26-17-20-53(80)66(95-12)45(7)68(88)73-46(8)65(87)47-18-15-14-16-19-47)77(9)70(90)62(42(2)3)74-69(89)63(43(4)5)78(10)72(93)102-55(36-48-41-79(76-75-48)27-29-97-31-33-99-35-34-98-32-30-96-28-25-60(85)86)51-22-23-54(52-39-50(103-67(51)52)21-24-59(83)84)100-61-38-49(81)37-57(101-61)71(91)92/h14-16,18-19,22-23,39,41-46,49,53,55-57,61-66,81,87H,13,17,20-21,24-38,40H2,1-12H3,(H,73,88)(H,74,89)(H,83,84)(H,85,86)(H,91,92)/t44-,45+,46+,49-,53-,55?,56+,57-,61+,62-,63-,64-,65+,66+/m0/s1. The Hall–Kier alpha value is -7.46. The van der Waals surface area contributed by atoms with Crippen LogP contribution in [-0.2, 0) is 90.8 Å². The Balaban J connectivity index is 1.19. The van der Waals surface area contributed by atoms with E-state index in [1.807, 2.05) is 32.0 Å². The first-order valence-electron chi connectivity index (χ1n) is 35.4. The predicted octanol–water partition coefficient (Wildman–Crippen LogP) is 6.06. The van der Waals surface area contributed by atoms with Gasteiger partial charge in [0.05, 0.1) is 133 Å². The number of thiophene rings is 1. The normalized spacial score (nSPS) is 19.2. The maximum absolute atomic E-state index is 15.2. The summed E-state index contributed by atoms with van der Waals surface area (Å²) < 4.78 is 54.7. The fourth-order valence-electron chi connectivity index (χ4n) is 13.0. The molecule has 2 fully saturated rings. The van der Waals surface area contributed by atoms with Crippen molar-refractivity contribution in [2.45, 2.75) is 199 Å². The van der Waals surface area contributed by atoms with Gasteiger partial charge in [0.2, 0.25) is 29.9 Å². The molecule has 0 bridgehead atoms. The van der Waals surface area contributed by atoms with Crippen molar-refractivity contribution in [3.8, 4) is 5.75 Å². The Morgan fingerprint density at radius 2 is 1.43 bits per heavy atom. The van der Waals surface area contributed by atoms with Gasteiger partial charge in [-0.2, -0.15) is 0 Å². The molecule has 5 amide bonds. The van der Waals surface area contributed by atoms with Crippen molar-refractivity contribution in [2.24, 2.45) is 23.7 Å². The molecule has 2 aromatic carbocycles. The molecule has 31 heteroatoms. The molecule has 103 heavy (non-hydrogen) atoms. The molecule has 0 aliphatic carbocycles. The second kappa shape index (κ2) is 41.9. The van der Waals surface area contributed by atoms with Gasteiger partial charge in [-0.15, -0.1) is 16.4 Å². The molecule has 4 heterocycles. The van der Waals surface area contributed by atoms with Crippen LogP contribution in [0.3, 0.4) is 0 Å². The van der Waals surface area contributed by atoms with Gasteiger partial charge in [0.25, 0.3) is 0 Å². The monoisotopic (exact) mass is 1470 g/mol. The average Bonchev–Trinajstić information content (AvgIpc) is 1.67. The summed E-state index contributed by atoms with van der Waals surface area (Å²) in [5.41, 5.74) is 1.47. The van der Waals surface area contributed by atoms with Gasteiger partial charge in [0, 0.05) is 80.8 Å². The summed E-state index contributed by atoms with van der Waals surface area (Å²) in [6.45, 7) is 17.1. The fourth-order valence-corrected chi connectivity index (χ4v) is 14.3. The number of carbonyl (C=O) groups excluding carboxylic acids is 5. The van der Waals surface area contributed by atoms with Gasteiger partial charge in [0.15, 0.2) is 6.10 Å². The maximum atomic E-state index is 15.2. The number of methoxy groups -OCH3 is 2. The summed E-state index contributed by atoms with van der Waals surface area (Å²) in [7, 11) is 6.04. The van der Waals surface area contributed by atoms with E-state index in [1.165, 1.54) is 37.5 Å². The SMILES string of the molecule is CC[C@H](C)[C@@H]([C@@H](CC(=O)N1CCC[C@H]1[C@H](OC)[C@@H](C)C(=O)N[C@H](C)[C@@H](O)c1ccccc1)OC)N(C)C(=O)[C@@H](NC(=O)[C@H](C(C)C)N(C)C(=O)OC(Cc1cn(CCOCCOCCOCCOCCC(=O)O)nn1)c1ccc(O[C@H]2C[C@@H](O)C[C@@H](C(=O)O)O2)c2cc(CCC(=O)O)sc12)C(C)C. The summed E-state index contributed by atoms with van der Waals surface area (Å²) in [5, 5.41) is 65.0. The van der Waals surface area contributed by atoms with E-state index in [1.54, 1.807) is 94.7 Å². The first-order chi connectivity index (χ1) is 49.1. The Labute approximate surface area is 606 Å². The van der Waals surface area contributed by atoms with Crippen molar-refractivity contribution in [3.05, 3.63) is 76.4 Å². The van der Waals surface area contributed by atoms with Gasteiger partial charge in [-0.05, 0) is 61.6 Å². The van der Waals surface area contributed by atoms with Crippen LogP contribution < -0.4 is 15.4 Å². The Bertz CT molecular complexity index is 3360. The molecule has 0 saturated carbocycles. The number of likely N-dealkylation sites (N-methyl/N-ethyl adjacent to an activating group) is 2. The van der Waals surface area contributed by atoms with E-state index < -0.39 is 127 Å². The Morgan fingerprint density at radius 3 is 2.03 bits per heavy atom. The number of carboxylic acids is 3. The summed E-state index contributed by atoms with van der Waals surface area (Å²) in [5.74, 6) is -6.76. The molecule has 4 aromatic rings. The quantitative estimate of drug-likeness (QED) is 0.0247. The van der Waals surface area contributed by atoms with Crippen molar-refractivity contribution in [1.29, 1.82) is 0 Å². The molecule has 2 aromatic heterocycles. The van der Waals surface area contributed by atoms with Crippen molar-refractivity contribution in [1.82, 2.24) is 40.3 Å². The minimum Gasteiger partial charge on any atom is -0.481 e. The van der Waals surface area contributed by atoms with E-state index in [0.717, 1.165) is 4.90 Å². The second-order valence-corrected chi connectivity index (χ2v) is 28.2. The summed E-state index contributed by atoms with van der Waals surface area (Å²) >= 11 is 1.23. The highest BCUT2D eigenvalue weighted by Gasteiger charge is 2.45. The largest absolute Gasteiger partial charge is 0.481 e. The van der Waals surface area contributed by atoms with E-state index in [9.17, 15) is 54.0 Å². The lowest BCUT2D eigenvalue weighted by Crippen LogP contribution is -2.60. The average molecular weight is 1470 g/mol. The fraction of sp³-hybridized carbons (Fsp3) is 0.667. The second-order valence-electron chi connectivity index (χ2n) is 27.1. The number of aryl methyl sites for hydroxylation is 1. The molecule has 1 unspecified atom stereocenters. The van der Waals surface area contributed by atoms with E-state index in [4.69, 9.17) is 47.7 Å². The maximum Gasteiger partial charge on any atom is 0.410 e. The molecule has 7 N–H and O–H groups in total. The molecule has 0 radical (unpaired) electrons. The van der Waals surface area contributed by atoms with Crippen LogP contribution >= 0.6 is 11.3 Å². The van der Waals surface area contributed by atoms with Gasteiger partial charge in [-0.3, -0.25) is 33.7 Å². The van der Waals surface area contributed by atoms with Crippen LogP contribution in [0.2, 0.25) is 0 Å². The van der Waals surface area contributed by atoms with Crippen LogP contribution in [0.15, 0.2) is 54.7 Å². The summed E-state index contributed by atoms with van der Waals surface area (Å²) in [6.07, 6.45) is -5.30. The number of hydrogen-bond acceptors (Lipinski definition) is 22. The number of aliphatic hydroxyl groups excluding tert-OH is 2. The van der Waals surface area contributed by atoms with Gasteiger partial charge in [-0.1, -0.05) is 96.5 Å². The third-order valence-electron chi connectivity index (χ3n) is 18.8. The van der Waals surface area contributed by atoms with Gasteiger partial charge >= 0.3 is 24.0 Å². The van der Waals surface area contributed by atoms with Gasteiger partial charge in [0.1, 0.15) is 23.9 Å².